The molecule has 3 aromatic carbocycles. The molecule has 0 fully saturated rings. The van der Waals surface area contributed by atoms with E-state index in [9.17, 15) is 19.5 Å². The number of amides is 3. The van der Waals surface area contributed by atoms with Gasteiger partial charge in [-0.05, 0) is 42.0 Å². The molecule has 0 aliphatic rings. The molecule has 43 heavy (non-hydrogen) atoms. The number of hydrogen-bond acceptors (Lipinski definition) is 8. The van der Waals surface area contributed by atoms with Gasteiger partial charge in [0.05, 0.1) is 5.52 Å². The quantitative estimate of drug-likeness (QED) is 0.201. The number of ether oxygens (including phenoxy) is 2. The molecule has 0 unspecified atom stereocenters. The maximum Gasteiger partial charge on any atom is 0.430 e. The summed E-state index contributed by atoms with van der Waals surface area (Å²) in [5, 5.41) is 15.6. The topological polar surface area (TPSA) is 136 Å². The summed E-state index contributed by atoms with van der Waals surface area (Å²) in [6, 6.07) is 25.5. The molecule has 0 atom stereocenters. The minimum absolute atomic E-state index is 0.193. The number of imide groups is 1. The van der Waals surface area contributed by atoms with Gasteiger partial charge in [-0.1, -0.05) is 48.5 Å². The Morgan fingerprint density at radius 2 is 1.65 bits per heavy atom. The number of thiazole rings is 1. The number of carbonyl (C=O) groups is 3. The van der Waals surface area contributed by atoms with Crippen LogP contribution in [0.3, 0.4) is 0 Å². The normalized spacial score (nSPS) is 10.7. The summed E-state index contributed by atoms with van der Waals surface area (Å²) in [7, 11) is 0. The van der Waals surface area contributed by atoms with Gasteiger partial charge in [-0.2, -0.15) is 4.90 Å². The van der Waals surface area contributed by atoms with E-state index in [2.05, 4.69) is 15.3 Å². The fourth-order valence-corrected chi connectivity index (χ4v) is 4.86. The van der Waals surface area contributed by atoms with E-state index in [0.717, 1.165) is 10.9 Å². The van der Waals surface area contributed by atoms with Crippen LogP contribution in [0.2, 0.25) is 0 Å². The lowest BCUT2D eigenvalue weighted by atomic mass is 10.1. The van der Waals surface area contributed by atoms with Gasteiger partial charge in [0.25, 0.3) is 0 Å². The van der Waals surface area contributed by atoms with Crippen molar-refractivity contribution in [2.45, 2.75) is 0 Å². The van der Waals surface area contributed by atoms with Gasteiger partial charge in [-0.3, -0.25) is 9.88 Å². The molecule has 0 aliphatic carbocycles. The molecule has 11 nitrogen and oxygen atoms in total. The third-order valence-corrected chi connectivity index (χ3v) is 6.94. The molecule has 6 rings (SSSR count). The number of carboxylic acid groups (broad SMARTS) is 1. The maximum atomic E-state index is 13.1. The third-order valence-electron chi connectivity index (χ3n) is 6.25. The highest BCUT2D eigenvalue weighted by Crippen LogP contribution is 2.32. The minimum atomic E-state index is -1.58. The summed E-state index contributed by atoms with van der Waals surface area (Å²) in [5.74, 6) is 0.634. The van der Waals surface area contributed by atoms with Gasteiger partial charge in [0.15, 0.2) is 10.9 Å². The van der Waals surface area contributed by atoms with Crippen molar-refractivity contribution in [1.29, 1.82) is 0 Å². The van der Waals surface area contributed by atoms with E-state index >= 15 is 0 Å². The zero-order chi connectivity index (χ0) is 29.8. The standard InChI is InChI=1S/C31H21N5O6S/c37-29(34-28-33-15-17-43-28)35-16-13-21-18-22(10-11-25(21)35)41-23-12-14-32-27(19-23)36(30(38)39)31(40)42-26-9-5-4-8-24(26)20-6-2-1-3-7-20/h1-19H,(H,38,39)(H,33,34,37). The number of carbonyl (C=O) groups excluding carboxylic acids is 2. The molecule has 12 heteroatoms. The number of benzene rings is 3. The summed E-state index contributed by atoms with van der Waals surface area (Å²) in [4.78, 5) is 46.5. The average Bonchev–Trinajstić information content (AvgIpc) is 3.68. The van der Waals surface area contributed by atoms with Crippen molar-refractivity contribution >= 4 is 51.4 Å². The molecule has 0 aliphatic heterocycles. The molecule has 3 heterocycles. The van der Waals surface area contributed by atoms with Crippen LogP contribution in [0.4, 0.5) is 25.3 Å². The Morgan fingerprint density at radius 3 is 2.44 bits per heavy atom. The molecule has 2 N–H and O–H groups in total. The number of pyridine rings is 1. The lowest BCUT2D eigenvalue weighted by Crippen LogP contribution is -2.38. The smallest absolute Gasteiger partial charge is 0.430 e. The van der Waals surface area contributed by atoms with Gasteiger partial charge in [-0.25, -0.2) is 24.4 Å². The zero-order valence-electron chi connectivity index (χ0n) is 22.2. The van der Waals surface area contributed by atoms with Crippen molar-refractivity contribution in [2.24, 2.45) is 0 Å². The summed E-state index contributed by atoms with van der Waals surface area (Å²) in [5.41, 5.74) is 2.07. The highest BCUT2D eigenvalue weighted by molar-refractivity contribution is 7.13. The van der Waals surface area contributed by atoms with E-state index in [0.29, 0.717) is 26.9 Å². The molecule has 0 saturated heterocycles. The van der Waals surface area contributed by atoms with Crippen LogP contribution in [0, 0.1) is 0 Å². The number of fused-ring (bicyclic) bond motifs is 1. The van der Waals surface area contributed by atoms with Crippen molar-refractivity contribution in [3.05, 3.63) is 115 Å². The zero-order valence-corrected chi connectivity index (χ0v) is 23.0. The minimum Gasteiger partial charge on any atom is -0.464 e. The number of para-hydroxylation sites is 1. The Hall–Kier alpha value is -6.01. The van der Waals surface area contributed by atoms with Crippen LogP contribution in [0.25, 0.3) is 22.0 Å². The van der Waals surface area contributed by atoms with E-state index < -0.39 is 12.2 Å². The van der Waals surface area contributed by atoms with Gasteiger partial charge in [0.1, 0.15) is 17.2 Å². The van der Waals surface area contributed by atoms with Crippen molar-refractivity contribution in [3.63, 3.8) is 0 Å². The SMILES string of the molecule is O=C(O)N(C(=O)Oc1ccccc1-c1ccccc1)c1cc(Oc2ccc3c(ccn3C(=O)Nc3nccs3)c2)ccn1. The number of aromatic nitrogens is 3. The predicted octanol–water partition coefficient (Wildman–Crippen LogP) is 7.72. The van der Waals surface area contributed by atoms with E-state index in [1.54, 1.807) is 66.3 Å². The molecule has 3 aromatic heterocycles. The molecular weight excluding hydrogens is 570 g/mol. The van der Waals surface area contributed by atoms with Crippen LogP contribution in [0.5, 0.6) is 17.2 Å². The average molecular weight is 592 g/mol. The largest absolute Gasteiger partial charge is 0.464 e. The molecule has 0 spiro atoms. The van der Waals surface area contributed by atoms with Gasteiger partial charge < -0.3 is 14.6 Å². The third kappa shape index (κ3) is 5.89. The van der Waals surface area contributed by atoms with Crippen LogP contribution >= 0.6 is 11.3 Å². The fourth-order valence-electron chi connectivity index (χ4n) is 4.34. The number of rotatable bonds is 6. The highest BCUT2D eigenvalue weighted by Gasteiger charge is 2.28. The molecule has 0 saturated carbocycles. The van der Waals surface area contributed by atoms with E-state index in [4.69, 9.17) is 9.47 Å². The van der Waals surface area contributed by atoms with Gasteiger partial charge in [0.2, 0.25) is 0 Å². The lowest BCUT2D eigenvalue weighted by molar-refractivity contribution is 0.187. The van der Waals surface area contributed by atoms with Crippen molar-refractivity contribution in [3.8, 4) is 28.4 Å². The van der Waals surface area contributed by atoms with E-state index in [-0.39, 0.29) is 23.3 Å². The van der Waals surface area contributed by atoms with Gasteiger partial charge in [-0.15, -0.1) is 11.3 Å². The molecule has 0 radical (unpaired) electrons. The molecule has 212 valence electrons. The Kier molecular flexibility index (Phi) is 7.49. The lowest BCUT2D eigenvalue weighted by Gasteiger charge is -2.18. The summed E-state index contributed by atoms with van der Waals surface area (Å²) in [6.07, 6.45) is 1.83. The second kappa shape index (κ2) is 11.8. The number of nitrogens with zero attached hydrogens (tertiary/aromatic N) is 4. The number of anilines is 2. The summed E-state index contributed by atoms with van der Waals surface area (Å²) < 4.78 is 12.9. The Balaban J connectivity index is 1.21. The highest BCUT2D eigenvalue weighted by atomic mass is 32.1. The predicted molar refractivity (Wildman–Crippen MR) is 161 cm³/mol. The maximum absolute atomic E-state index is 13.1. The Morgan fingerprint density at radius 1 is 0.860 bits per heavy atom. The first kappa shape index (κ1) is 27.2. The summed E-state index contributed by atoms with van der Waals surface area (Å²) >= 11 is 1.31. The Bertz CT molecular complexity index is 1940. The first-order valence-corrected chi connectivity index (χ1v) is 13.7. The first-order chi connectivity index (χ1) is 21.0. The molecular formula is C31H21N5O6S. The number of nitrogens with one attached hydrogen (secondary N) is 1. The van der Waals surface area contributed by atoms with Gasteiger partial charge >= 0.3 is 18.2 Å². The van der Waals surface area contributed by atoms with Crippen LogP contribution in [0.15, 0.2) is 115 Å². The van der Waals surface area contributed by atoms with Crippen LogP contribution in [-0.4, -0.2) is 37.9 Å². The Labute approximate surface area is 248 Å². The first-order valence-electron chi connectivity index (χ1n) is 12.8. The van der Waals surface area contributed by atoms with Crippen LogP contribution < -0.4 is 19.7 Å². The van der Waals surface area contributed by atoms with Crippen LogP contribution in [-0.2, 0) is 0 Å². The van der Waals surface area contributed by atoms with E-state index in [1.807, 2.05) is 30.3 Å². The monoisotopic (exact) mass is 591 g/mol. The second-order valence-corrected chi connectivity index (χ2v) is 9.87. The molecule has 6 aromatic rings. The van der Waals surface area contributed by atoms with E-state index in [1.165, 1.54) is 34.2 Å². The molecule has 3 amide bonds. The number of hydrogen-bond donors (Lipinski definition) is 2. The van der Waals surface area contributed by atoms with Gasteiger partial charge in [0, 0.05) is 41.0 Å². The van der Waals surface area contributed by atoms with Crippen molar-refractivity contribution < 1.29 is 29.0 Å². The molecule has 0 bridgehead atoms. The van der Waals surface area contributed by atoms with Crippen LogP contribution in [0.1, 0.15) is 0 Å². The van der Waals surface area contributed by atoms with Crippen molar-refractivity contribution in [2.75, 3.05) is 10.2 Å². The fraction of sp³-hybridized carbons (Fsp3) is 0. The van der Waals surface area contributed by atoms with Crippen molar-refractivity contribution in [1.82, 2.24) is 14.5 Å². The summed E-state index contributed by atoms with van der Waals surface area (Å²) in [6.45, 7) is 0. The second-order valence-electron chi connectivity index (χ2n) is 8.97.